The smallest absolute Gasteiger partial charge is 0.242 e. The largest absolute Gasteiger partial charge is 0.341 e. The molecule has 0 spiro atoms. The van der Waals surface area contributed by atoms with Crippen LogP contribution in [0.1, 0.15) is 31.2 Å². The maximum Gasteiger partial charge on any atom is 0.242 e. The van der Waals surface area contributed by atoms with E-state index in [0.717, 1.165) is 48.4 Å². The van der Waals surface area contributed by atoms with Crippen LogP contribution in [0.4, 0.5) is 0 Å². The van der Waals surface area contributed by atoms with E-state index in [9.17, 15) is 4.79 Å². The lowest BCUT2D eigenvalue weighted by molar-refractivity contribution is -0.133. The molecule has 1 aliphatic heterocycles. The number of carbonyl (C=O) groups is 1. The van der Waals surface area contributed by atoms with E-state index in [-0.39, 0.29) is 5.91 Å². The van der Waals surface area contributed by atoms with E-state index in [2.05, 4.69) is 6.92 Å². The number of likely N-dealkylation sites (tertiary alicyclic amines) is 1. The molecule has 4 rings (SSSR count). The third-order valence-corrected chi connectivity index (χ3v) is 5.66. The Morgan fingerprint density at radius 3 is 2.57 bits per heavy atom. The molecule has 0 unspecified atom stereocenters. The van der Waals surface area contributed by atoms with Crippen LogP contribution < -0.4 is 0 Å². The molecule has 3 aromatic rings. The van der Waals surface area contributed by atoms with Crippen LogP contribution in [0.2, 0.25) is 5.02 Å². The first-order valence-electron chi connectivity index (χ1n) is 9.77. The summed E-state index contributed by atoms with van der Waals surface area (Å²) in [4.78, 5) is 19.6. The van der Waals surface area contributed by atoms with Gasteiger partial charge in [-0.25, -0.2) is 4.98 Å². The highest BCUT2D eigenvalue weighted by molar-refractivity contribution is 6.30. The predicted octanol–water partition coefficient (Wildman–Crippen LogP) is 5.12. The van der Waals surface area contributed by atoms with E-state index in [1.807, 2.05) is 70.1 Å². The third kappa shape index (κ3) is 4.12. The molecule has 1 saturated heterocycles. The van der Waals surface area contributed by atoms with E-state index in [4.69, 9.17) is 16.6 Å². The van der Waals surface area contributed by atoms with Crippen LogP contribution in [-0.2, 0) is 11.3 Å². The quantitative estimate of drug-likeness (QED) is 0.617. The number of nitrogens with zero attached hydrogens (tertiary/aromatic N) is 3. The number of rotatable bonds is 4. The second kappa shape index (κ2) is 8.19. The van der Waals surface area contributed by atoms with Crippen molar-refractivity contribution in [3.05, 3.63) is 64.9 Å². The number of fused-ring (bicyclic) bond motifs is 1. The highest BCUT2D eigenvalue weighted by atomic mass is 35.5. The van der Waals surface area contributed by atoms with E-state index < -0.39 is 0 Å². The van der Waals surface area contributed by atoms with Crippen LogP contribution in [0.25, 0.3) is 23.2 Å². The fourth-order valence-electron chi connectivity index (χ4n) is 3.63. The zero-order chi connectivity index (χ0) is 19.5. The van der Waals surface area contributed by atoms with Gasteiger partial charge in [0, 0.05) is 18.1 Å². The molecule has 0 saturated carbocycles. The van der Waals surface area contributed by atoms with Gasteiger partial charge in [-0.15, -0.1) is 0 Å². The van der Waals surface area contributed by atoms with Crippen LogP contribution in [0.3, 0.4) is 0 Å². The van der Waals surface area contributed by atoms with Gasteiger partial charge in [-0.05, 0) is 54.7 Å². The molecule has 5 heteroatoms. The first-order chi connectivity index (χ1) is 13.6. The molecular weight excluding hydrogens is 370 g/mol. The number of imidazole rings is 1. The van der Waals surface area contributed by atoms with Crippen LogP contribution >= 0.6 is 11.6 Å². The fraction of sp³-hybridized carbons (Fsp3) is 0.304. The van der Waals surface area contributed by atoms with Crippen LogP contribution in [0.5, 0.6) is 0 Å². The average Bonchev–Trinajstić information content (AvgIpc) is 3.05. The summed E-state index contributed by atoms with van der Waals surface area (Å²) in [5, 5.41) is 0.714. The number of para-hydroxylation sites is 2. The summed E-state index contributed by atoms with van der Waals surface area (Å²) in [6, 6.07) is 15.6. The molecule has 0 N–H and O–H groups in total. The van der Waals surface area contributed by atoms with Crippen molar-refractivity contribution in [1.29, 1.82) is 0 Å². The second-order valence-corrected chi connectivity index (χ2v) is 7.93. The number of hydrogen-bond acceptors (Lipinski definition) is 2. The Labute approximate surface area is 170 Å². The van der Waals surface area contributed by atoms with Crippen molar-refractivity contribution in [2.45, 2.75) is 26.3 Å². The van der Waals surface area contributed by atoms with E-state index in [0.29, 0.717) is 17.5 Å². The number of carbonyl (C=O) groups excluding carboxylic acids is 1. The molecule has 0 radical (unpaired) electrons. The van der Waals surface area contributed by atoms with Gasteiger partial charge in [0.25, 0.3) is 0 Å². The zero-order valence-electron chi connectivity index (χ0n) is 16.0. The topological polar surface area (TPSA) is 38.1 Å². The normalized spacial score (nSPS) is 15.6. The molecule has 0 bridgehead atoms. The lowest BCUT2D eigenvalue weighted by Crippen LogP contribution is -2.39. The Kier molecular flexibility index (Phi) is 5.49. The maximum absolute atomic E-state index is 12.9. The highest BCUT2D eigenvalue weighted by Crippen LogP contribution is 2.21. The van der Waals surface area contributed by atoms with Crippen molar-refractivity contribution in [1.82, 2.24) is 14.5 Å². The minimum atomic E-state index is 0.163. The summed E-state index contributed by atoms with van der Waals surface area (Å²) in [6.45, 7) is 4.27. The zero-order valence-corrected chi connectivity index (χ0v) is 16.8. The van der Waals surface area contributed by atoms with Crippen LogP contribution in [0, 0.1) is 5.92 Å². The van der Waals surface area contributed by atoms with Gasteiger partial charge in [0.1, 0.15) is 12.4 Å². The minimum absolute atomic E-state index is 0.163. The molecule has 1 aliphatic rings. The van der Waals surface area contributed by atoms with Crippen LogP contribution in [0.15, 0.2) is 48.5 Å². The molecule has 28 heavy (non-hydrogen) atoms. The molecular formula is C23H24ClN3O. The second-order valence-electron chi connectivity index (χ2n) is 7.49. The summed E-state index contributed by atoms with van der Waals surface area (Å²) >= 11 is 5.96. The molecule has 1 fully saturated rings. The van der Waals surface area contributed by atoms with Gasteiger partial charge in [-0.1, -0.05) is 48.9 Å². The third-order valence-electron chi connectivity index (χ3n) is 5.41. The van der Waals surface area contributed by atoms with Crippen molar-refractivity contribution in [3.63, 3.8) is 0 Å². The lowest BCUT2D eigenvalue weighted by Gasteiger charge is -2.30. The number of aromatic nitrogens is 2. The lowest BCUT2D eigenvalue weighted by atomic mass is 9.99. The maximum atomic E-state index is 12.9. The molecule has 1 amide bonds. The summed E-state index contributed by atoms with van der Waals surface area (Å²) in [7, 11) is 0. The molecule has 144 valence electrons. The Morgan fingerprint density at radius 2 is 1.82 bits per heavy atom. The Morgan fingerprint density at radius 1 is 1.11 bits per heavy atom. The summed E-state index contributed by atoms with van der Waals surface area (Å²) < 4.78 is 2.02. The monoisotopic (exact) mass is 393 g/mol. The van der Waals surface area contributed by atoms with Gasteiger partial charge in [0.2, 0.25) is 5.91 Å². The Bertz CT molecular complexity index is 998. The van der Waals surface area contributed by atoms with Crippen molar-refractivity contribution in [2.24, 2.45) is 5.92 Å². The van der Waals surface area contributed by atoms with Crippen molar-refractivity contribution < 1.29 is 4.79 Å². The molecule has 0 aliphatic carbocycles. The number of piperidine rings is 1. The molecule has 2 heterocycles. The standard InChI is InChI=1S/C23H24ClN3O/c1-17-12-14-26(15-13-17)23(28)16-27-21-5-3-2-4-20(21)25-22(27)11-8-18-6-9-19(24)10-7-18/h2-11,17H,12-16H2,1H3/b11-8+. The van der Waals surface area contributed by atoms with Gasteiger partial charge in [0.05, 0.1) is 11.0 Å². The number of hydrogen-bond donors (Lipinski definition) is 0. The van der Waals surface area contributed by atoms with Crippen LogP contribution in [-0.4, -0.2) is 33.4 Å². The first kappa shape index (κ1) is 18.8. The average molecular weight is 394 g/mol. The molecule has 1 aromatic heterocycles. The number of halogens is 1. The van der Waals surface area contributed by atoms with Gasteiger partial charge in [-0.2, -0.15) is 0 Å². The van der Waals surface area contributed by atoms with E-state index in [1.165, 1.54) is 0 Å². The summed E-state index contributed by atoms with van der Waals surface area (Å²) in [6.07, 6.45) is 6.13. The van der Waals surface area contributed by atoms with E-state index in [1.54, 1.807) is 0 Å². The minimum Gasteiger partial charge on any atom is -0.341 e. The van der Waals surface area contributed by atoms with Crippen molar-refractivity contribution in [3.8, 4) is 0 Å². The molecule has 0 atom stereocenters. The van der Waals surface area contributed by atoms with E-state index >= 15 is 0 Å². The Hall–Kier alpha value is -2.59. The first-order valence-corrected chi connectivity index (χ1v) is 10.1. The fourth-order valence-corrected chi connectivity index (χ4v) is 3.75. The van der Waals surface area contributed by atoms with Crippen molar-refractivity contribution >= 4 is 40.7 Å². The van der Waals surface area contributed by atoms with Gasteiger partial charge in [-0.3, -0.25) is 4.79 Å². The Balaban J connectivity index is 1.61. The highest BCUT2D eigenvalue weighted by Gasteiger charge is 2.21. The van der Waals surface area contributed by atoms with Gasteiger partial charge >= 0.3 is 0 Å². The van der Waals surface area contributed by atoms with Gasteiger partial charge in [0.15, 0.2) is 0 Å². The van der Waals surface area contributed by atoms with Crippen molar-refractivity contribution in [2.75, 3.05) is 13.1 Å². The SMILES string of the molecule is CC1CCN(C(=O)Cn2c(/C=C/c3ccc(Cl)cc3)nc3ccccc32)CC1. The van der Waals surface area contributed by atoms with Gasteiger partial charge < -0.3 is 9.47 Å². The molecule has 4 nitrogen and oxygen atoms in total. The molecule has 2 aromatic carbocycles. The number of amides is 1. The summed E-state index contributed by atoms with van der Waals surface area (Å²) in [5.41, 5.74) is 2.93. The summed E-state index contributed by atoms with van der Waals surface area (Å²) in [5.74, 6) is 1.65. The predicted molar refractivity (Wildman–Crippen MR) is 115 cm³/mol. The number of benzene rings is 2.